The molecular weight excluding hydrogens is 216 g/mol. The zero-order valence-corrected chi connectivity index (χ0v) is 10.8. The number of allylic oxidation sites excluding steroid dienone is 2. The van der Waals surface area contributed by atoms with Gasteiger partial charge >= 0.3 is 0 Å². The molecule has 2 aromatic carbocycles. The summed E-state index contributed by atoms with van der Waals surface area (Å²) in [4.78, 5) is 0. The molecule has 0 fully saturated rings. The van der Waals surface area contributed by atoms with Crippen LogP contribution in [0.1, 0.15) is 36.5 Å². The lowest BCUT2D eigenvalue weighted by atomic mass is 9.83. The topological polar surface area (TPSA) is 0 Å². The molecule has 0 heterocycles. The van der Waals surface area contributed by atoms with E-state index in [1.54, 1.807) is 0 Å². The van der Waals surface area contributed by atoms with Crippen molar-refractivity contribution in [1.82, 2.24) is 0 Å². The number of rotatable bonds is 1. The number of fused-ring (bicyclic) bond motifs is 1. The van der Waals surface area contributed by atoms with Crippen LogP contribution in [0.4, 0.5) is 0 Å². The molecule has 0 nitrogen and oxygen atoms in total. The molecule has 0 aliphatic heterocycles. The average Bonchev–Trinajstić information content (AvgIpc) is 2.47. The van der Waals surface area contributed by atoms with Crippen molar-refractivity contribution in [2.24, 2.45) is 0 Å². The van der Waals surface area contributed by atoms with Crippen LogP contribution in [0.15, 0.2) is 54.6 Å². The van der Waals surface area contributed by atoms with Crippen LogP contribution in [0.2, 0.25) is 0 Å². The van der Waals surface area contributed by atoms with Crippen molar-refractivity contribution in [3.05, 3.63) is 71.3 Å². The van der Waals surface area contributed by atoms with Crippen LogP contribution >= 0.6 is 0 Å². The molecule has 0 radical (unpaired) electrons. The molecule has 0 bridgehead atoms. The van der Waals surface area contributed by atoms with Crippen LogP contribution in [-0.4, -0.2) is 0 Å². The summed E-state index contributed by atoms with van der Waals surface area (Å²) in [6.45, 7) is 2.26. The second-order valence-corrected chi connectivity index (χ2v) is 4.98. The predicted molar refractivity (Wildman–Crippen MR) is 78.3 cm³/mol. The minimum atomic E-state index is 1.21. The van der Waals surface area contributed by atoms with Gasteiger partial charge in [0.25, 0.3) is 0 Å². The van der Waals surface area contributed by atoms with Gasteiger partial charge in [-0.05, 0) is 54.0 Å². The smallest absolute Gasteiger partial charge is 0.0190 e. The summed E-state index contributed by atoms with van der Waals surface area (Å²) in [5.74, 6) is 0. The maximum atomic E-state index is 2.27. The fourth-order valence-corrected chi connectivity index (χ4v) is 2.87. The Kier molecular flexibility index (Phi) is 3.02. The third kappa shape index (κ3) is 1.99. The van der Waals surface area contributed by atoms with Gasteiger partial charge in [0, 0.05) is 0 Å². The second kappa shape index (κ2) is 4.81. The van der Waals surface area contributed by atoms with Crippen LogP contribution in [0.25, 0.3) is 11.1 Å². The Bertz CT molecular complexity index is 576. The lowest BCUT2D eigenvalue weighted by Gasteiger charge is -2.21. The highest BCUT2D eigenvalue weighted by Crippen LogP contribution is 2.35. The van der Waals surface area contributed by atoms with Gasteiger partial charge in [-0.15, -0.1) is 0 Å². The van der Waals surface area contributed by atoms with Gasteiger partial charge in [-0.1, -0.05) is 54.6 Å². The molecule has 0 aromatic heterocycles. The van der Waals surface area contributed by atoms with Gasteiger partial charge in [-0.3, -0.25) is 0 Å². The normalized spacial score (nSPS) is 17.2. The Hall–Kier alpha value is -1.82. The lowest BCUT2D eigenvalue weighted by molar-refractivity contribution is 0.823. The SMILES string of the molecule is CC(=C1CCCc2ccccc21)c1ccccc1. The molecule has 0 spiro atoms. The van der Waals surface area contributed by atoms with Crippen LogP contribution in [0, 0.1) is 0 Å². The minimum Gasteiger partial charge on any atom is -0.0622 e. The number of hydrogen-bond acceptors (Lipinski definition) is 0. The van der Waals surface area contributed by atoms with E-state index in [1.807, 2.05) is 0 Å². The maximum Gasteiger partial charge on any atom is -0.0190 e. The van der Waals surface area contributed by atoms with Crippen molar-refractivity contribution in [3.63, 3.8) is 0 Å². The van der Waals surface area contributed by atoms with Gasteiger partial charge in [-0.2, -0.15) is 0 Å². The first-order chi connectivity index (χ1) is 8.86. The van der Waals surface area contributed by atoms with Gasteiger partial charge in [0.1, 0.15) is 0 Å². The fourth-order valence-electron chi connectivity index (χ4n) is 2.87. The van der Waals surface area contributed by atoms with E-state index >= 15 is 0 Å². The molecular formula is C18H18. The van der Waals surface area contributed by atoms with Crippen LogP contribution in [0.3, 0.4) is 0 Å². The first kappa shape index (κ1) is 11.3. The second-order valence-electron chi connectivity index (χ2n) is 4.98. The number of aryl methyl sites for hydroxylation is 1. The van der Waals surface area contributed by atoms with E-state index in [1.165, 1.54) is 47.1 Å². The summed E-state index contributed by atoms with van der Waals surface area (Å²) in [6, 6.07) is 19.6. The largest absolute Gasteiger partial charge is 0.0622 e. The molecule has 0 heteroatoms. The Morgan fingerprint density at radius 2 is 1.56 bits per heavy atom. The first-order valence-corrected chi connectivity index (χ1v) is 6.70. The predicted octanol–water partition coefficient (Wildman–Crippen LogP) is 4.95. The summed E-state index contributed by atoms with van der Waals surface area (Å²) >= 11 is 0. The molecule has 0 unspecified atom stereocenters. The molecule has 0 amide bonds. The maximum absolute atomic E-state index is 2.27. The standard InChI is InChI=1S/C18H18/c1-14(15-8-3-2-4-9-15)17-13-7-11-16-10-5-6-12-18(16)17/h2-6,8-10,12H,7,11,13H2,1H3. The van der Waals surface area contributed by atoms with E-state index in [0.29, 0.717) is 0 Å². The Morgan fingerprint density at radius 3 is 2.39 bits per heavy atom. The summed E-state index contributed by atoms with van der Waals surface area (Å²) in [5.41, 5.74) is 7.29. The van der Waals surface area contributed by atoms with Crippen molar-refractivity contribution in [3.8, 4) is 0 Å². The zero-order chi connectivity index (χ0) is 12.4. The average molecular weight is 234 g/mol. The van der Waals surface area contributed by atoms with Crippen molar-refractivity contribution >= 4 is 11.1 Å². The fraction of sp³-hybridized carbons (Fsp3) is 0.222. The molecule has 3 rings (SSSR count). The summed E-state index contributed by atoms with van der Waals surface area (Å²) in [5, 5.41) is 0. The third-order valence-corrected chi connectivity index (χ3v) is 3.87. The summed E-state index contributed by atoms with van der Waals surface area (Å²) in [7, 11) is 0. The lowest BCUT2D eigenvalue weighted by Crippen LogP contribution is -2.02. The molecule has 1 aliphatic rings. The van der Waals surface area contributed by atoms with E-state index in [-0.39, 0.29) is 0 Å². The van der Waals surface area contributed by atoms with E-state index in [4.69, 9.17) is 0 Å². The van der Waals surface area contributed by atoms with Crippen LogP contribution < -0.4 is 0 Å². The summed E-state index contributed by atoms with van der Waals surface area (Å²) in [6.07, 6.45) is 3.70. The van der Waals surface area contributed by atoms with Gasteiger partial charge in [0.15, 0.2) is 0 Å². The van der Waals surface area contributed by atoms with E-state index < -0.39 is 0 Å². The third-order valence-electron chi connectivity index (χ3n) is 3.87. The molecule has 0 saturated heterocycles. The molecule has 18 heavy (non-hydrogen) atoms. The first-order valence-electron chi connectivity index (χ1n) is 6.70. The van der Waals surface area contributed by atoms with Gasteiger partial charge in [-0.25, -0.2) is 0 Å². The molecule has 90 valence electrons. The van der Waals surface area contributed by atoms with Gasteiger partial charge < -0.3 is 0 Å². The molecule has 1 aliphatic carbocycles. The number of hydrogen-bond donors (Lipinski definition) is 0. The van der Waals surface area contributed by atoms with Gasteiger partial charge in [0.05, 0.1) is 0 Å². The Balaban J connectivity index is 2.13. The van der Waals surface area contributed by atoms with E-state index in [0.717, 1.165) is 0 Å². The highest BCUT2D eigenvalue weighted by Gasteiger charge is 2.15. The van der Waals surface area contributed by atoms with E-state index in [9.17, 15) is 0 Å². The quantitative estimate of drug-likeness (QED) is 0.654. The molecule has 0 atom stereocenters. The zero-order valence-electron chi connectivity index (χ0n) is 10.8. The van der Waals surface area contributed by atoms with Crippen LogP contribution in [0.5, 0.6) is 0 Å². The Labute approximate surface area is 109 Å². The highest BCUT2D eigenvalue weighted by atomic mass is 14.2. The van der Waals surface area contributed by atoms with Crippen molar-refractivity contribution in [2.75, 3.05) is 0 Å². The van der Waals surface area contributed by atoms with Crippen molar-refractivity contribution in [2.45, 2.75) is 26.2 Å². The van der Waals surface area contributed by atoms with Gasteiger partial charge in [0.2, 0.25) is 0 Å². The number of benzene rings is 2. The monoisotopic (exact) mass is 234 g/mol. The molecule has 0 N–H and O–H groups in total. The molecule has 0 saturated carbocycles. The van der Waals surface area contributed by atoms with Crippen LogP contribution in [-0.2, 0) is 6.42 Å². The Morgan fingerprint density at radius 1 is 0.833 bits per heavy atom. The van der Waals surface area contributed by atoms with E-state index in [2.05, 4.69) is 61.5 Å². The van der Waals surface area contributed by atoms with Crippen molar-refractivity contribution < 1.29 is 0 Å². The highest BCUT2D eigenvalue weighted by molar-refractivity contribution is 5.91. The van der Waals surface area contributed by atoms with Crippen molar-refractivity contribution in [1.29, 1.82) is 0 Å². The summed E-state index contributed by atoms with van der Waals surface area (Å²) < 4.78 is 0. The minimum absolute atomic E-state index is 1.21. The molecule has 2 aromatic rings.